The van der Waals surface area contributed by atoms with Gasteiger partial charge >= 0.3 is 0 Å². The minimum atomic E-state index is -0.360. The van der Waals surface area contributed by atoms with Gasteiger partial charge in [0.2, 0.25) is 0 Å². The number of carbonyl (C=O) groups is 1. The van der Waals surface area contributed by atoms with Crippen LogP contribution in [0.3, 0.4) is 0 Å². The maximum absolute atomic E-state index is 13.6. The van der Waals surface area contributed by atoms with Gasteiger partial charge in [-0.1, -0.05) is 36.5 Å². The molecule has 4 aromatic rings. The van der Waals surface area contributed by atoms with Gasteiger partial charge in [0.15, 0.2) is 16.3 Å². The Morgan fingerprint density at radius 2 is 1.97 bits per heavy atom. The number of para-hydroxylation sites is 1. The highest BCUT2D eigenvalue weighted by molar-refractivity contribution is 7.22. The normalized spacial score (nSPS) is 14.7. The van der Waals surface area contributed by atoms with E-state index in [1.165, 1.54) is 23.0 Å². The summed E-state index contributed by atoms with van der Waals surface area (Å²) < 4.78 is 12.3. The second-order valence-corrected chi connectivity index (χ2v) is 9.04. The Balaban J connectivity index is 1.51. The van der Waals surface area contributed by atoms with E-state index in [0.717, 1.165) is 29.7 Å². The van der Waals surface area contributed by atoms with Crippen LogP contribution >= 0.6 is 11.3 Å². The zero-order valence-corrected chi connectivity index (χ0v) is 19.3. The number of aryl methyl sites for hydroxylation is 1. The fourth-order valence-electron chi connectivity index (χ4n) is 3.98. The number of amides is 1. The van der Waals surface area contributed by atoms with Crippen LogP contribution in [0.2, 0.25) is 0 Å². The molecule has 8 heteroatoms. The number of morpholine rings is 1. The van der Waals surface area contributed by atoms with E-state index in [4.69, 9.17) is 14.1 Å². The molecule has 1 aliphatic heterocycles. The second-order valence-electron chi connectivity index (χ2n) is 8.03. The number of carbonyl (C=O) groups excluding carboxylic acids is 1. The van der Waals surface area contributed by atoms with Crippen LogP contribution in [0.5, 0.6) is 0 Å². The lowest BCUT2D eigenvalue weighted by Crippen LogP contribution is -2.43. The Bertz CT molecular complexity index is 1360. The SMILES string of the molecule is CCc1ccc2nc(N(CCN3CCOCC3)C(=O)c3cc(=O)c4ccccc4o3)sc2c1. The number of nitrogens with zero attached hydrogens (tertiary/aromatic N) is 3. The number of aromatic nitrogens is 1. The molecule has 0 aliphatic carbocycles. The largest absolute Gasteiger partial charge is 0.451 e. The van der Waals surface area contributed by atoms with E-state index in [9.17, 15) is 9.59 Å². The van der Waals surface area contributed by atoms with Crippen LogP contribution in [0, 0.1) is 0 Å². The van der Waals surface area contributed by atoms with Crippen LogP contribution in [-0.2, 0) is 11.2 Å². The summed E-state index contributed by atoms with van der Waals surface area (Å²) >= 11 is 1.48. The topological polar surface area (TPSA) is 75.9 Å². The number of benzene rings is 2. The van der Waals surface area contributed by atoms with E-state index in [1.807, 2.05) is 6.07 Å². The van der Waals surface area contributed by atoms with Gasteiger partial charge in [0.1, 0.15) is 5.58 Å². The fraction of sp³-hybridized carbons (Fsp3) is 0.320. The number of hydrogen-bond donors (Lipinski definition) is 0. The molecule has 0 bridgehead atoms. The molecule has 0 unspecified atom stereocenters. The monoisotopic (exact) mass is 463 g/mol. The first-order valence-corrected chi connectivity index (χ1v) is 12.0. The van der Waals surface area contributed by atoms with Crippen molar-refractivity contribution in [1.29, 1.82) is 0 Å². The van der Waals surface area contributed by atoms with Gasteiger partial charge < -0.3 is 9.15 Å². The quantitative estimate of drug-likeness (QED) is 0.431. The molecule has 2 aromatic heterocycles. The average Bonchev–Trinajstić information content (AvgIpc) is 3.27. The van der Waals surface area contributed by atoms with Gasteiger partial charge in [-0.3, -0.25) is 19.4 Å². The zero-order chi connectivity index (χ0) is 22.8. The highest BCUT2D eigenvalue weighted by Crippen LogP contribution is 2.31. The van der Waals surface area contributed by atoms with Crippen LogP contribution in [0.25, 0.3) is 21.2 Å². The number of anilines is 1. The molecular weight excluding hydrogens is 438 g/mol. The molecule has 1 saturated heterocycles. The summed E-state index contributed by atoms with van der Waals surface area (Å²) in [4.78, 5) is 34.9. The van der Waals surface area contributed by atoms with Crippen molar-refractivity contribution >= 4 is 43.6 Å². The Labute approximate surface area is 195 Å². The summed E-state index contributed by atoms with van der Waals surface area (Å²) in [5.74, 6) is -0.338. The van der Waals surface area contributed by atoms with E-state index >= 15 is 0 Å². The summed E-state index contributed by atoms with van der Waals surface area (Å²) in [5, 5.41) is 1.06. The molecule has 0 atom stereocenters. The van der Waals surface area contributed by atoms with Crippen molar-refractivity contribution < 1.29 is 13.9 Å². The summed E-state index contributed by atoms with van der Waals surface area (Å²) in [6.07, 6.45) is 0.936. The first-order valence-electron chi connectivity index (χ1n) is 11.2. The number of ether oxygens (including phenoxy) is 1. The minimum absolute atomic E-state index is 0.0224. The van der Waals surface area contributed by atoms with Crippen LogP contribution < -0.4 is 10.3 Å². The smallest absolute Gasteiger partial charge is 0.295 e. The van der Waals surface area contributed by atoms with E-state index in [2.05, 4.69) is 24.0 Å². The molecule has 3 heterocycles. The minimum Gasteiger partial charge on any atom is -0.451 e. The molecule has 0 N–H and O–H groups in total. The van der Waals surface area contributed by atoms with Crippen molar-refractivity contribution in [2.75, 3.05) is 44.3 Å². The van der Waals surface area contributed by atoms with Crippen LogP contribution in [-0.4, -0.2) is 55.2 Å². The molecule has 1 amide bonds. The van der Waals surface area contributed by atoms with Gasteiger partial charge in [0.05, 0.1) is 28.8 Å². The molecule has 0 saturated carbocycles. The fourth-order valence-corrected chi connectivity index (χ4v) is 5.04. The Kier molecular flexibility index (Phi) is 6.22. The lowest BCUT2D eigenvalue weighted by Gasteiger charge is -2.29. The highest BCUT2D eigenvalue weighted by Gasteiger charge is 2.25. The van der Waals surface area contributed by atoms with E-state index < -0.39 is 0 Å². The first kappa shape index (κ1) is 21.8. The third-order valence-electron chi connectivity index (χ3n) is 5.91. The highest BCUT2D eigenvalue weighted by atomic mass is 32.1. The Hall–Kier alpha value is -3.07. The van der Waals surface area contributed by atoms with Gasteiger partial charge in [0.25, 0.3) is 5.91 Å². The van der Waals surface area contributed by atoms with Crippen LogP contribution in [0.15, 0.2) is 57.7 Å². The van der Waals surface area contributed by atoms with Crippen molar-refractivity contribution in [3.63, 3.8) is 0 Å². The standard InChI is InChI=1S/C25H25N3O4S/c1-2-17-7-8-19-23(15-17)33-25(26-19)28(10-9-27-11-13-31-14-12-27)24(30)22-16-20(29)18-5-3-4-6-21(18)32-22/h3-8,15-16H,2,9-14H2,1H3. The molecule has 0 radical (unpaired) electrons. The number of fused-ring (bicyclic) bond motifs is 2. The van der Waals surface area contributed by atoms with Gasteiger partial charge in [0, 0.05) is 32.2 Å². The van der Waals surface area contributed by atoms with E-state index in [0.29, 0.717) is 42.4 Å². The molecular formula is C25H25N3O4S. The third-order valence-corrected chi connectivity index (χ3v) is 6.96. The average molecular weight is 464 g/mol. The van der Waals surface area contributed by atoms with Gasteiger partial charge in [-0.25, -0.2) is 4.98 Å². The summed E-state index contributed by atoms with van der Waals surface area (Å²) in [6, 6.07) is 14.4. The van der Waals surface area contributed by atoms with Crippen molar-refractivity contribution in [3.8, 4) is 0 Å². The molecule has 170 valence electrons. The maximum Gasteiger partial charge on any atom is 0.295 e. The van der Waals surface area contributed by atoms with Crippen molar-refractivity contribution in [1.82, 2.24) is 9.88 Å². The summed E-state index contributed by atoms with van der Waals surface area (Å²) in [6.45, 7) is 6.27. The van der Waals surface area contributed by atoms with Crippen molar-refractivity contribution in [2.45, 2.75) is 13.3 Å². The van der Waals surface area contributed by atoms with Crippen LogP contribution in [0.4, 0.5) is 5.13 Å². The summed E-state index contributed by atoms with van der Waals surface area (Å²) in [7, 11) is 0. The Morgan fingerprint density at radius 3 is 2.79 bits per heavy atom. The molecule has 2 aromatic carbocycles. The number of rotatable bonds is 6. The summed E-state index contributed by atoms with van der Waals surface area (Å²) in [5.41, 5.74) is 2.25. The molecule has 1 aliphatic rings. The van der Waals surface area contributed by atoms with Gasteiger partial charge in [-0.05, 0) is 36.2 Å². The van der Waals surface area contributed by atoms with E-state index in [-0.39, 0.29) is 17.1 Å². The number of hydrogen-bond acceptors (Lipinski definition) is 7. The molecule has 0 spiro atoms. The second kappa shape index (κ2) is 9.43. The first-order chi connectivity index (χ1) is 16.1. The zero-order valence-electron chi connectivity index (χ0n) is 18.5. The van der Waals surface area contributed by atoms with Crippen molar-refractivity contribution in [2.24, 2.45) is 0 Å². The lowest BCUT2D eigenvalue weighted by molar-refractivity contribution is 0.0390. The van der Waals surface area contributed by atoms with Crippen LogP contribution in [0.1, 0.15) is 23.0 Å². The van der Waals surface area contributed by atoms with Gasteiger partial charge in [-0.15, -0.1) is 0 Å². The molecule has 7 nitrogen and oxygen atoms in total. The molecule has 1 fully saturated rings. The van der Waals surface area contributed by atoms with Crippen molar-refractivity contribution in [3.05, 3.63) is 70.1 Å². The molecule has 33 heavy (non-hydrogen) atoms. The Morgan fingerprint density at radius 1 is 1.15 bits per heavy atom. The molecule has 5 rings (SSSR count). The predicted molar refractivity (Wildman–Crippen MR) is 130 cm³/mol. The van der Waals surface area contributed by atoms with Gasteiger partial charge in [-0.2, -0.15) is 0 Å². The maximum atomic E-state index is 13.6. The van der Waals surface area contributed by atoms with E-state index in [1.54, 1.807) is 29.2 Å². The predicted octanol–water partition coefficient (Wildman–Crippen LogP) is 3.94. The lowest BCUT2D eigenvalue weighted by atomic mass is 10.2. The third kappa shape index (κ3) is 4.55. The number of thiazole rings is 1.